The van der Waals surface area contributed by atoms with Gasteiger partial charge in [-0.25, -0.2) is 12.8 Å². The molecule has 0 radical (unpaired) electrons. The van der Waals surface area contributed by atoms with Crippen LogP contribution in [0, 0.1) is 5.82 Å². The van der Waals surface area contributed by atoms with Crippen molar-refractivity contribution in [1.29, 1.82) is 0 Å². The van der Waals surface area contributed by atoms with Crippen LogP contribution < -0.4 is 10.5 Å². The molecule has 15 heavy (non-hydrogen) atoms. The van der Waals surface area contributed by atoms with Crippen molar-refractivity contribution in [3.8, 4) is 5.75 Å². The quantitative estimate of drug-likeness (QED) is 0.834. The molecule has 0 atom stereocenters. The van der Waals surface area contributed by atoms with Gasteiger partial charge in [-0.3, -0.25) is 0 Å². The summed E-state index contributed by atoms with van der Waals surface area (Å²) in [6.45, 7) is 0.0874. The van der Waals surface area contributed by atoms with Gasteiger partial charge in [0.15, 0.2) is 21.4 Å². The number of nitrogens with two attached hydrogens (primary N) is 1. The van der Waals surface area contributed by atoms with E-state index in [1.807, 2.05) is 0 Å². The Morgan fingerprint density at radius 2 is 2.07 bits per heavy atom. The van der Waals surface area contributed by atoms with Gasteiger partial charge in [0.25, 0.3) is 0 Å². The van der Waals surface area contributed by atoms with Gasteiger partial charge in [-0.15, -0.1) is 0 Å². The zero-order chi connectivity index (χ0) is 11.6. The highest BCUT2D eigenvalue weighted by Crippen LogP contribution is 2.27. The molecule has 0 fully saturated rings. The first-order valence-electron chi connectivity index (χ1n) is 4.17. The van der Waals surface area contributed by atoms with E-state index in [1.54, 1.807) is 0 Å². The van der Waals surface area contributed by atoms with Crippen molar-refractivity contribution in [2.75, 3.05) is 13.4 Å². The van der Waals surface area contributed by atoms with Gasteiger partial charge in [0.2, 0.25) is 0 Å². The molecule has 0 saturated heterocycles. The summed E-state index contributed by atoms with van der Waals surface area (Å²) in [6.07, 6.45) is 0.937. The van der Waals surface area contributed by atoms with Crippen LogP contribution in [0.2, 0.25) is 0 Å². The number of rotatable bonds is 3. The summed E-state index contributed by atoms with van der Waals surface area (Å²) >= 11 is 0. The molecule has 0 unspecified atom stereocenters. The molecular formula is C9H12FNO3S. The third kappa shape index (κ3) is 2.27. The number of halogens is 1. The fourth-order valence-electron chi connectivity index (χ4n) is 1.25. The first kappa shape index (κ1) is 11.9. The van der Waals surface area contributed by atoms with Crippen molar-refractivity contribution >= 4 is 9.84 Å². The largest absolute Gasteiger partial charge is 0.493 e. The monoisotopic (exact) mass is 233 g/mol. The lowest BCUT2D eigenvalue weighted by Crippen LogP contribution is -2.07. The molecule has 0 spiro atoms. The highest BCUT2D eigenvalue weighted by molar-refractivity contribution is 7.90. The van der Waals surface area contributed by atoms with Crippen LogP contribution in [0.4, 0.5) is 4.39 Å². The topological polar surface area (TPSA) is 69.4 Å². The molecule has 4 nitrogen and oxygen atoms in total. The minimum atomic E-state index is -3.59. The molecule has 0 aliphatic heterocycles. The second-order valence-corrected chi connectivity index (χ2v) is 5.03. The van der Waals surface area contributed by atoms with Crippen molar-refractivity contribution in [1.82, 2.24) is 0 Å². The second kappa shape index (κ2) is 4.16. The van der Waals surface area contributed by atoms with Crippen molar-refractivity contribution in [3.05, 3.63) is 23.5 Å². The van der Waals surface area contributed by atoms with E-state index >= 15 is 0 Å². The lowest BCUT2D eigenvalue weighted by Gasteiger charge is -2.10. The van der Waals surface area contributed by atoms with Gasteiger partial charge in [-0.1, -0.05) is 6.07 Å². The Morgan fingerprint density at radius 3 is 2.47 bits per heavy atom. The molecule has 0 amide bonds. The van der Waals surface area contributed by atoms with E-state index in [4.69, 9.17) is 10.5 Å². The number of sulfone groups is 1. The fourth-order valence-corrected chi connectivity index (χ4v) is 1.98. The maximum absolute atomic E-state index is 13.7. The molecule has 0 aliphatic carbocycles. The summed E-state index contributed by atoms with van der Waals surface area (Å²) in [6, 6.07) is 2.63. The summed E-state index contributed by atoms with van der Waals surface area (Å²) < 4.78 is 40.8. The molecule has 6 heteroatoms. The highest BCUT2D eigenvalue weighted by atomic mass is 32.2. The molecule has 0 aliphatic rings. The zero-order valence-electron chi connectivity index (χ0n) is 8.45. The summed E-state index contributed by atoms with van der Waals surface area (Å²) in [4.78, 5) is -0.378. The molecule has 1 aromatic carbocycles. The molecule has 0 heterocycles. The van der Waals surface area contributed by atoms with Gasteiger partial charge in [0.1, 0.15) is 4.90 Å². The molecule has 0 aromatic heterocycles. The molecule has 1 rings (SSSR count). The number of methoxy groups -OCH3 is 1. The first-order chi connectivity index (χ1) is 6.91. The Labute approximate surface area is 87.8 Å². The molecule has 0 saturated carbocycles. The highest BCUT2D eigenvalue weighted by Gasteiger charge is 2.19. The summed E-state index contributed by atoms with van der Waals surface area (Å²) in [5, 5.41) is 0. The third-order valence-electron chi connectivity index (χ3n) is 1.97. The van der Waals surface area contributed by atoms with Crippen LogP contribution in [-0.2, 0) is 16.4 Å². The van der Waals surface area contributed by atoms with Crippen LogP contribution in [0.25, 0.3) is 0 Å². The van der Waals surface area contributed by atoms with Crippen molar-refractivity contribution in [2.24, 2.45) is 5.73 Å². The standard InChI is InChI=1S/C9H12FNO3S/c1-14-9-6(5-11)3-4-7(8(9)10)15(2,12)13/h3-4H,5,11H2,1-2H3. The van der Waals surface area contributed by atoms with E-state index in [-0.39, 0.29) is 17.2 Å². The second-order valence-electron chi connectivity index (χ2n) is 3.05. The van der Waals surface area contributed by atoms with E-state index < -0.39 is 15.7 Å². The predicted molar refractivity (Wildman–Crippen MR) is 54.0 cm³/mol. The van der Waals surface area contributed by atoms with Crippen molar-refractivity contribution in [3.63, 3.8) is 0 Å². The zero-order valence-corrected chi connectivity index (χ0v) is 9.27. The Morgan fingerprint density at radius 1 is 1.47 bits per heavy atom. The average molecular weight is 233 g/mol. The normalized spacial score (nSPS) is 11.5. The van der Waals surface area contributed by atoms with Crippen LogP contribution in [0.1, 0.15) is 5.56 Å². The van der Waals surface area contributed by atoms with Crippen LogP contribution in [0.5, 0.6) is 5.75 Å². The van der Waals surface area contributed by atoms with E-state index in [1.165, 1.54) is 19.2 Å². The van der Waals surface area contributed by atoms with Gasteiger partial charge in [0, 0.05) is 18.4 Å². The fraction of sp³-hybridized carbons (Fsp3) is 0.333. The van der Waals surface area contributed by atoms with Crippen molar-refractivity contribution in [2.45, 2.75) is 11.4 Å². The van der Waals surface area contributed by atoms with Crippen LogP contribution in [0.15, 0.2) is 17.0 Å². The minimum absolute atomic E-state index is 0.0874. The lowest BCUT2D eigenvalue weighted by molar-refractivity contribution is 0.375. The Bertz CT molecular complexity index is 470. The number of benzene rings is 1. The van der Waals surface area contributed by atoms with Gasteiger partial charge in [-0.2, -0.15) is 0 Å². The SMILES string of the molecule is COc1c(CN)ccc(S(C)(=O)=O)c1F. The van der Waals surface area contributed by atoms with Crippen LogP contribution >= 0.6 is 0 Å². The molecule has 2 N–H and O–H groups in total. The van der Waals surface area contributed by atoms with Crippen LogP contribution in [0.3, 0.4) is 0 Å². The van der Waals surface area contributed by atoms with Gasteiger partial charge >= 0.3 is 0 Å². The Kier molecular flexibility index (Phi) is 3.31. The van der Waals surface area contributed by atoms with Crippen molar-refractivity contribution < 1.29 is 17.5 Å². The molecule has 0 bridgehead atoms. The van der Waals surface area contributed by atoms with Gasteiger partial charge in [-0.05, 0) is 6.07 Å². The average Bonchev–Trinajstić information content (AvgIpc) is 2.15. The molecule has 84 valence electrons. The number of hydrogen-bond donors (Lipinski definition) is 1. The van der Waals surface area contributed by atoms with E-state index in [0.717, 1.165) is 6.26 Å². The third-order valence-corrected chi connectivity index (χ3v) is 3.08. The van der Waals surface area contributed by atoms with Gasteiger partial charge < -0.3 is 10.5 Å². The molecular weight excluding hydrogens is 221 g/mol. The maximum atomic E-state index is 13.7. The first-order valence-corrected chi connectivity index (χ1v) is 6.06. The smallest absolute Gasteiger partial charge is 0.183 e. The lowest BCUT2D eigenvalue weighted by atomic mass is 10.2. The summed E-state index contributed by atoms with van der Waals surface area (Å²) in [5.41, 5.74) is 5.79. The Hall–Kier alpha value is -1.14. The van der Waals surface area contributed by atoms with Gasteiger partial charge in [0.05, 0.1) is 7.11 Å². The molecule has 1 aromatic rings. The minimum Gasteiger partial charge on any atom is -0.493 e. The maximum Gasteiger partial charge on any atom is 0.183 e. The summed E-state index contributed by atoms with van der Waals surface area (Å²) in [5.74, 6) is -0.997. The van der Waals surface area contributed by atoms with E-state index in [2.05, 4.69) is 0 Å². The summed E-state index contributed by atoms with van der Waals surface area (Å²) in [7, 11) is -2.32. The van der Waals surface area contributed by atoms with Crippen LogP contribution in [-0.4, -0.2) is 21.8 Å². The van der Waals surface area contributed by atoms with E-state index in [0.29, 0.717) is 5.56 Å². The Balaban J connectivity index is 3.50. The number of hydrogen-bond acceptors (Lipinski definition) is 4. The number of ether oxygens (including phenoxy) is 1. The van der Waals surface area contributed by atoms with E-state index in [9.17, 15) is 12.8 Å². The predicted octanol–water partition coefficient (Wildman–Crippen LogP) is 0.697.